The van der Waals surface area contributed by atoms with Gasteiger partial charge in [0.1, 0.15) is 5.75 Å². The lowest BCUT2D eigenvalue weighted by molar-refractivity contribution is 0.441. The van der Waals surface area contributed by atoms with Gasteiger partial charge in [-0.15, -0.1) is 0 Å². The van der Waals surface area contributed by atoms with Gasteiger partial charge in [-0.05, 0) is 66.8 Å². The van der Waals surface area contributed by atoms with Crippen molar-refractivity contribution in [2.24, 2.45) is 0 Å². The molecule has 0 unspecified atom stereocenters. The molecular weight excluding hydrogens is 359 g/mol. The minimum absolute atomic E-state index is 0.133. The summed E-state index contributed by atoms with van der Waals surface area (Å²) < 4.78 is 19.8. The average Bonchev–Trinajstić information content (AvgIpc) is 3.47. The smallest absolute Gasteiger partial charge is 0.165 e. The van der Waals surface area contributed by atoms with Crippen molar-refractivity contribution < 1.29 is 9.13 Å². The molecule has 0 amide bonds. The van der Waals surface area contributed by atoms with E-state index in [4.69, 9.17) is 16.3 Å². The van der Waals surface area contributed by atoms with Crippen LogP contribution < -0.4 is 4.74 Å². The zero-order chi connectivity index (χ0) is 18.7. The molecule has 3 heteroatoms. The first-order valence-electron chi connectivity index (χ1n) is 9.10. The Morgan fingerprint density at radius 2 is 1.70 bits per heavy atom. The Bertz CT molecular complexity index is 944. The lowest BCUT2D eigenvalue weighted by Crippen LogP contribution is -2.01. The van der Waals surface area contributed by atoms with Gasteiger partial charge in [0.2, 0.25) is 0 Å². The maximum Gasteiger partial charge on any atom is 0.165 e. The third-order valence-electron chi connectivity index (χ3n) is 4.96. The van der Waals surface area contributed by atoms with Gasteiger partial charge in [-0.1, -0.05) is 60.2 Å². The fraction of sp³-hybridized carbons (Fsp3) is 0.167. The number of allylic oxidation sites excluding steroid dienone is 2. The molecule has 0 heterocycles. The summed E-state index contributed by atoms with van der Waals surface area (Å²) in [5, 5.41) is 0.760. The second kappa shape index (κ2) is 7.58. The molecule has 0 aromatic heterocycles. The number of benzene rings is 3. The van der Waals surface area contributed by atoms with Crippen LogP contribution >= 0.6 is 11.6 Å². The average molecular weight is 379 g/mol. The Labute approximate surface area is 164 Å². The number of hydrogen-bond acceptors (Lipinski definition) is 1. The molecule has 1 saturated carbocycles. The molecule has 0 radical (unpaired) electrons. The number of hydrogen-bond donors (Lipinski definition) is 0. The third kappa shape index (κ3) is 4.23. The normalized spacial score (nSPS) is 15.0. The molecule has 4 rings (SSSR count). The maximum absolute atomic E-state index is 14.1. The molecule has 0 spiro atoms. The first-order chi connectivity index (χ1) is 13.1. The zero-order valence-corrected chi connectivity index (χ0v) is 15.6. The summed E-state index contributed by atoms with van der Waals surface area (Å²) in [6.07, 6.45) is 7.48. The lowest BCUT2D eigenvalue weighted by atomic mass is 9.95. The molecule has 136 valence electrons. The topological polar surface area (TPSA) is 9.23 Å². The van der Waals surface area contributed by atoms with Crippen LogP contribution in [0.25, 0.3) is 0 Å². The van der Waals surface area contributed by atoms with E-state index in [1.54, 1.807) is 12.1 Å². The second-order valence-electron chi connectivity index (χ2n) is 6.95. The van der Waals surface area contributed by atoms with Gasteiger partial charge in [-0.25, -0.2) is 4.39 Å². The van der Waals surface area contributed by atoms with Crippen LogP contribution in [0, 0.1) is 5.82 Å². The van der Waals surface area contributed by atoms with Crippen LogP contribution in [0.4, 0.5) is 4.39 Å². The SMILES string of the molecule is Fc1ccc(CC=CC2(c3ccc(Cl)cc3)CC2)cc1Oc1ccccc1. The van der Waals surface area contributed by atoms with Crippen molar-refractivity contribution in [1.82, 2.24) is 0 Å². The maximum atomic E-state index is 14.1. The van der Waals surface area contributed by atoms with Crippen LogP contribution in [0.15, 0.2) is 84.9 Å². The summed E-state index contributed by atoms with van der Waals surface area (Å²) in [7, 11) is 0. The molecule has 1 aliphatic carbocycles. The Morgan fingerprint density at radius 1 is 0.963 bits per heavy atom. The summed E-state index contributed by atoms with van der Waals surface area (Å²) in [4.78, 5) is 0. The van der Waals surface area contributed by atoms with E-state index in [1.165, 1.54) is 11.6 Å². The molecule has 27 heavy (non-hydrogen) atoms. The summed E-state index contributed by atoms with van der Waals surface area (Å²) in [5.41, 5.74) is 2.45. The molecule has 0 N–H and O–H groups in total. The van der Waals surface area contributed by atoms with E-state index in [1.807, 2.05) is 42.5 Å². The summed E-state index contributed by atoms with van der Waals surface area (Å²) in [6, 6.07) is 22.4. The fourth-order valence-corrected chi connectivity index (χ4v) is 3.38. The highest BCUT2D eigenvalue weighted by molar-refractivity contribution is 6.30. The van der Waals surface area contributed by atoms with E-state index in [0.29, 0.717) is 5.75 Å². The van der Waals surface area contributed by atoms with Gasteiger partial charge in [0.15, 0.2) is 11.6 Å². The largest absolute Gasteiger partial charge is 0.454 e. The van der Waals surface area contributed by atoms with E-state index in [9.17, 15) is 4.39 Å². The van der Waals surface area contributed by atoms with Crippen LogP contribution in [0.3, 0.4) is 0 Å². The quantitative estimate of drug-likeness (QED) is 0.415. The molecule has 0 aliphatic heterocycles. The van der Waals surface area contributed by atoms with Crippen LogP contribution in [-0.4, -0.2) is 0 Å². The van der Waals surface area contributed by atoms with E-state index in [-0.39, 0.29) is 17.0 Å². The highest BCUT2D eigenvalue weighted by Crippen LogP contribution is 2.49. The first kappa shape index (κ1) is 17.8. The van der Waals surface area contributed by atoms with Crippen molar-refractivity contribution in [2.45, 2.75) is 24.7 Å². The highest BCUT2D eigenvalue weighted by Gasteiger charge is 2.41. The summed E-state index contributed by atoms with van der Waals surface area (Å²) >= 11 is 5.99. The first-order valence-corrected chi connectivity index (χ1v) is 9.48. The lowest BCUT2D eigenvalue weighted by Gasteiger charge is -2.11. The molecule has 1 fully saturated rings. The summed E-state index contributed by atoms with van der Waals surface area (Å²) in [6.45, 7) is 0. The molecule has 0 atom stereocenters. The van der Waals surface area contributed by atoms with E-state index < -0.39 is 0 Å². The molecule has 3 aromatic rings. The van der Waals surface area contributed by atoms with Crippen LogP contribution in [-0.2, 0) is 11.8 Å². The molecule has 0 saturated heterocycles. The molecule has 1 nitrogen and oxygen atoms in total. The van der Waals surface area contributed by atoms with Crippen molar-refractivity contribution >= 4 is 11.6 Å². The zero-order valence-electron chi connectivity index (χ0n) is 14.9. The van der Waals surface area contributed by atoms with Gasteiger partial charge < -0.3 is 4.74 Å². The Morgan fingerprint density at radius 3 is 2.41 bits per heavy atom. The molecule has 1 aliphatic rings. The molecule has 3 aromatic carbocycles. The number of para-hydroxylation sites is 1. The highest BCUT2D eigenvalue weighted by atomic mass is 35.5. The van der Waals surface area contributed by atoms with E-state index in [2.05, 4.69) is 24.3 Å². The number of halogens is 2. The second-order valence-corrected chi connectivity index (χ2v) is 7.39. The van der Waals surface area contributed by atoms with Crippen molar-refractivity contribution in [1.29, 1.82) is 0 Å². The predicted molar refractivity (Wildman–Crippen MR) is 108 cm³/mol. The van der Waals surface area contributed by atoms with Crippen molar-refractivity contribution in [2.75, 3.05) is 0 Å². The van der Waals surface area contributed by atoms with Crippen LogP contribution in [0.5, 0.6) is 11.5 Å². The van der Waals surface area contributed by atoms with Crippen molar-refractivity contribution in [3.05, 3.63) is 107 Å². The molecular formula is C24H20ClFO. The van der Waals surface area contributed by atoms with Gasteiger partial charge in [0.25, 0.3) is 0 Å². The van der Waals surface area contributed by atoms with Gasteiger partial charge in [0, 0.05) is 10.4 Å². The number of ether oxygens (including phenoxy) is 1. The summed E-state index contributed by atoms with van der Waals surface area (Å²) in [5.74, 6) is 0.529. The fourth-order valence-electron chi connectivity index (χ4n) is 3.26. The van der Waals surface area contributed by atoms with Gasteiger partial charge in [-0.3, -0.25) is 0 Å². The number of rotatable bonds is 6. The Kier molecular flexibility index (Phi) is 5.00. The third-order valence-corrected chi connectivity index (χ3v) is 5.22. The van der Waals surface area contributed by atoms with E-state index >= 15 is 0 Å². The van der Waals surface area contributed by atoms with Crippen molar-refractivity contribution in [3.8, 4) is 11.5 Å². The van der Waals surface area contributed by atoms with Gasteiger partial charge in [-0.2, -0.15) is 0 Å². The van der Waals surface area contributed by atoms with Crippen LogP contribution in [0.2, 0.25) is 5.02 Å². The van der Waals surface area contributed by atoms with Crippen LogP contribution in [0.1, 0.15) is 24.0 Å². The molecule has 0 bridgehead atoms. The van der Waals surface area contributed by atoms with Gasteiger partial charge >= 0.3 is 0 Å². The monoisotopic (exact) mass is 378 g/mol. The predicted octanol–water partition coefficient (Wildman–Crippen LogP) is 7.10. The van der Waals surface area contributed by atoms with E-state index in [0.717, 1.165) is 29.8 Å². The minimum atomic E-state index is -0.355. The van der Waals surface area contributed by atoms with Crippen molar-refractivity contribution in [3.63, 3.8) is 0 Å². The minimum Gasteiger partial charge on any atom is -0.454 e. The standard InChI is InChI=1S/C24H20ClFO/c25-20-11-9-19(10-12-20)24(15-16-24)14-4-5-18-8-13-22(26)23(17-18)27-21-6-2-1-3-7-21/h1-4,6-14,17H,5,15-16H2. The Balaban J connectivity index is 1.46. The Hall–Kier alpha value is -2.58. The van der Waals surface area contributed by atoms with Gasteiger partial charge in [0.05, 0.1) is 0 Å².